The third-order valence-corrected chi connectivity index (χ3v) is 4.48. The van der Waals surface area contributed by atoms with Gasteiger partial charge in [-0.05, 0) is 37.1 Å². The van der Waals surface area contributed by atoms with E-state index in [0.717, 1.165) is 11.1 Å². The molecule has 0 aromatic heterocycles. The zero-order valence-electron chi connectivity index (χ0n) is 16.3. The van der Waals surface area contributed by atoms with Gasteiger partial charge in [0.1, 0.15) is 0 Å². The number of hydrogen-bond acceptors (Lipinski definition) is 4. The van der Waals surface area contributed by atoms with Crippen molar-refractivity contribution in [3.05, 3.63) is 70.2 Å². The molecule has 4 N–H and O–H groups in total. The van der Waals surface area contributed by atoms with Gasteiger partial charge in [-0.1, -0.05) is 53.6 Å². The van der Waals surface area contributed by atoms with Crippen LogP contribution in [0.2, 0.25) is 5.02 Å². The molecule has 0 aliphatic heterocycles. The fourth-order valence-electron chi connectivity index (χ4n) is 2.62. The Morgan fingerprint density at radius 2 is 1.69 bits per heavy atom. The van der Waals surface area contributed by atoms with Crippen molar-refractivity contribution in [1.29, 1.82) is 0 Å². The van der Waals surface area contributed by atoms with Gasteiger partial charge < -0.3 is 21.1 Å². The normalized spacial score (nSPS) is 12.5. The summed E-state index contributed by atoms with van der Waals surface area (Å²) in [6.07, 6.45) is -1.16. The van der Waals surface area contributed by atoms with Crippen molar-refractivity contribution in [2.45, 2.75) is 39.0 Å². The lowest BCUT2D eigenvalue weighted by molar-refractivity contribution is -0.155. The highest BCUT2D eigenvalue weighted by atomic mass is 35.5. The molecule has 2 aromatic rings. The number of carbonyl (C=O) groups is 3. The monoisotopic (exact) mass is 417 g/mol. The molecule has 0 aliphatic carbocycles. The van der Waals surface area contributed by atoms with Gasteiger partial charge in [0.25, 0.3) is 5.91 Å². The number of esters is 1. The van der Waals surface area contributed by atoms with Gasteiger partial charge in [-0.15, -0.1) is 0 Å². The van der Waals surface area contributed by atoms with E-state index in [4.69, 9.17) is 22.1 Å². The zero-order valence-corrected chi connectivity index (χ0v) is 17.0. The van der Waals surface area contributed by atoms with Crippen molar-refractivity contribution in [2.24, 2.45) is 5.73 Å². The first-order valence-electron chi connectivity index (χ1n) is 9.08. The highest BCUT2D eigenvalue weighted by Crippen LogP contribution is 2.20. The van der Waals surface area contributed by atoms with Crippen molar-refractivity contribution in [1.82, 2.24) is 10.6 Å². The van der Waals surface area contributed by atoms with E-state index >= 15 is 0 Å². The molecular formula is C21H24ClN3O4. The molecule has 0 radical (unpaired) electrons. The number of urea groups is 1. The lowest BCUT2D eigenvalue weighted by Crippen LogP contribution is -2.37. The van der Waals surface area contributed by atoms with Crippen LogP contribution in [0.3, 0.4) is 0 Å². The summed E-state index contributed by atoms with van der Waals surface area (Å²) in [7, 11) is 0. The van der Waals surface area contributed by atoms with Gasteiger partial charge in [-0.25, -0.2) is 4.79 Å². The molecule has 154 valence electrons. The largest absolute Gasteiger partial charge is 0.452 e. The fraction of sp³-hybridized carbons (Fsp3) is 0.286. The Bertz CT molecular complexity index is 853. The van der Waals surface area contributed by atoms with E-state index in [1.807, 2.05) is 31.2 Å². The molecule has 0 bridgehead atoms. The maximum atomic E-state index is 12.3. The van der Waals surface area contributed by atoms with Crippen molar-refractivity contribution < 1.29 is 19.1 Å². The average molecular weight is 418 g/mol. The smallest absolute Gasteiger partial charge is 0.312 e. The number of ether oxygens (including phenoxy) is 1. The van der Waals surface area contributed by atoms with Crippen molar-refractivity contribution in [3.8, 4) is 0 Å². The van der Waals surface area contributed by atoms with E-state index in [-0.39, 0.29) is 6.42 Å². The standard InChI is InChI=1S/C21H24ClN3O4/c1-13-3-5-15(6-4-13)12-24-20(27)14(2)29-19(26)11-18(25-21(23)28)16-7-9-17(22)10-8-16/h3-10,14,18H,11-12H2,1-2H3,(H,24,27)(H3,23,25,28)/t14-,18+/m1/s1. The number of nitrogens with one attached hydrogen (secondary N) is 2. The van der Waals surface area contributed by atoms with Crippen molar-refractivity contribution in [2.75, 3.05) is 0 Å². The summed E-state index contributed by atoms with van der Waals surface area (Å²) in [6, 6.07) is 12.9. The van der Waals surface area contributed by atoms with E-state index in [9.17, 15) is 14.4 Å². The molecule has 0 spiro atoms. The van der Waals surface area contributed by atoms with Gasteiger partial charge >= 0.3 is 12.0 Å². The van der Waals surface area contributed by atoms with Gasteiger partial charge in [-0.2, -0.15) is 0 Å². The summed E-state index contributed by atoms with van der Waals surface area (Å²) in [5.41, 5.74) is 7.91. The second kappa shape index (κ2) is 10.5. The molecule has 0 saturated carbocycles. The number of hydrogen-bond donors (Lipinski definition) is 3. The minimum atomic E-state index is -0.979. The first-order valence-corrected chi connectivity index (χ1v) is 9.46. The number of benzene rings is 2. The molecule has 29 heavy (non-hydrogen) atoms. The number of nitrogens with two attached hydrogens (primary N) is 1. The molecule has 7 nitrogen and oxygen atoms in total. The predicted molar refractivity (Wildman–Crippen MR) is 110 cm³/mol. The molecule has 3 amide bonds. The van der Waals surface area contributed by atoms with E-state index in [2.05, 4.69) is 10.6 Å². The molecule has 2 atom stereocenters. The Kier molecular flexibility index (Phi) is 8.03. The SMILES string of the molecule is Cc1ccc(CNC(=O)[C@@H](C)OC(=O)C[C@H](NC(N)=O)c2ccc(Cl)cc2)cc1. The Hall–Kier alpha value is -3.06. The number of carbonyl (C=O) groups excluding carboxylic acids is 3. The third-order valence-electron chi connectivity index (χ3n) is 4.22. The van der Waals surface area contributed by atoms with Gasteiger partial charge in [0, 0.05) is 11.6 Å². The molecule has 8 heteroatoms. The minimum absolute atomic E-state index is 0.180. The summed E-state index contributed by atoms with van der Waals surface area (Å²) >= 11 is 5.87. The van der Waals surface area contributed by atoms with Crippen molar-refractivity contribution in [3.63, 3.8) is 0 Å². The Morgan fingerprint density at radius 1 is 1.07 bits per heavy atom. The van der Waals surface area contributed by atoms with Crippen LogP contribution in [-0.2, 0) is 20.9 Å². The van der Waals surface area contributed by atoms with Crippen LogP contribution in [0.15, 0.2) is 48.5 Å². The Morgan fingerprint density at radius 3 is 2.28 bits per heavy atom. The molecule has 0 unspecified atom stereocenters. The van der Waals surface area contributed by atoms with Gasteiger partial charge in [0.15, 0.2) is 6.10 Å². The second-order valence-electron chi connectivity index (χ2n) is 6.65. The molecule has 0 heterocycles. The number of rotatable bonds is 8. The number of primary amides is 1. The zero-order chi connectivity index (χ0) is 21.4. The average Bonchev–Trinajstić information content (AvgIpc) is 2.67. The molecule has 2 aromatic carbocycles. The molecule has 0 saturated heterocycles. The quantitative estimate of drug-likeness (QED) is 0.573. The van der Waals surface area contributed by atoms with Crippen LogP contribution < -0.4 is 16.4 Å². The van der Waals surface area contributed by atoms with E-state index in [1.165, 1.54) is 6.92 Å². The lowest BCUT2D eigenvalue weighted by atomic mass is 10.0. The van der Waals surface area contributed by atoms with Crippen LogP contribution in [0.1, 0.15) is 36.1 Å². The summed E-state index contributed by atoms with van der Waals surface area (Å²) < 4.78 is 5.21. The number of aryl methyl sites for hydroxylation is 1. The van der Waals surface area contributed by atoms with E-state index in [0.29, 0.717) is 17.1 Å². The molecular weight excluding hydrogens is 394 g/mol. The number of amides is 3. The van der Waals surface area contributed by atoms with Crippen LogP contribution in [0, 0.1) is 6.92 Å². The first kappa shape index (κ1) is 22.2. The molecule has 2 rings (SSSR count). The van der Waals surface area contributed by atoms with Crippen LogP contribution in [0.4, 0.5) is 4.79 Å². The Labute approximate surface area is 174 Å². The highest BCUT2D eigenvalue weighted by molar-refractivity contribution is 6.30. The topological polar surface area (TPSA) is 111 Å². The fourth-order valence-corrected chi connectivity index (χ4v) is 2.75. The maximum Gasteiger partial charge on any atom is 0.312 e. The van der Waals surface area contributed by atoms with Crippen LogP contribution in [0.5, 0.6) is 0 Å². The summed E-state index contributed by atoms with van der Waals surface area (Å²) in [5, 5.41) is 5.74. The summed E-state index contributed by atoms with van der Waals surface area (Å²) in [6.45, 7) is 3.80. The molecule has 0 aliphatic rings. The van der Waals surface area contributed by atoms with Gasteiger partial charge in [0.2, 0.25) is 0 Å². The van der Waals surface area contributed by atoms with E-state index < -0.39 is 30.1 Å². The molecule has 0 fully saturated rings. The summed E-state index contributed by atoms with van der Waals surface area (Å²) in [4.78, 5) is 35.8. The Balaban J connectivity index is 1.90. The summed E-state index contributed by atoms with van der Waals surface area (Å²) in [5.74, 6) is -1.05. The second-order valence-corrected chi connectivity index (χ2v) is 7.09. The van der Waals surface area contributed by atoms with Gasteiger partial charge in [-0.3, -0.25) is 9.59 Å². The highest BCUT2D eigenvalue weighted by Gasteiger charge is 2.22. The third kappa shape index (κ3) is 7.46. The predicted octanol–water partition coefficient (Wildman–Crippen LogP) is 3.00. The van der Waals surface area contributed by atoms with Crippen LogP contribution in [0.25, 0.3) is 0 Å². The van der Waals surface area contributed by atoms with Gasteiger partial charge in [0.05, 0.1) is 12.5 Å². The van der Waals surface area contributed by atoms with Crippen LogP contribution in [-0.4, -0.2) is 24.0 Å². The van der Waals surface area contributed by atoms with E-state index in [1.54, 1.807) is 24.3 Å². The first-order chi connectivity index (χ1) is 13.7. The van der Waals surface area contributed by atoms with Crippen molar-refractivity contribution >= 4 is 29.5 Å². The van der Waals surface area contributed by atoms with Crippen LogP contribution >= 0.6 is 11.6 Å². The number of halogens is 1. The lowest BCUT2D eigenvalue weighted by Gasteiger charge is -2.19. The minimum Gasteiger partial charge on any atom is -0.452 e. The maximum absolute atomic E-state index is 12.3.